The first-order valence-electron chi connectivity index (χ1n) is 8.60. The molecule has 2 aliphatic rings. The Hall–Kier alpha value is -1.59. The van der Waals surface area contributed by atoms with Gasteiger partial charge in [-0.2, -0.15) is 0 Å². The van der Waals surface area contributed by atoms with Gasteiger partial charge in [-0.1, -0.05) is 24.3 Å². The molecule has 1 atom stereocenters. The third-order valence-corrected chi connectivity index (χ3v) is 4.64. The lowest BCUT2D eigenvalue weighted by Crippen LogP contribution is -2.47. The van der Waals surface area contributed by atoms with Crippen LogP contribution in [0.15, 0.2) is 24.3 Å². The van der Waals surface area contributed by atoms with E-state index < -0.39 is 0 Å². The van der Waals surface area contributed by atoms with Crippen LogP contribution < -0.4 is 5.32 Å². The molecule has 0 radical (unpaired) electrons. The predicted molar refractivity (Wildman–Crippen MR) is 88.2 cm³/mol. The number of carbonyl (C=O) groups is 1. The maximum atomic E-state index is 12.4. The summed E-state index contributed by atoms with van der Waals surface area (Å²) in [5, 5.41) is 12.7. The summed E-state index contributed by atoms with van der Waals surface area (Å²) in [6.07, 6.45) is 4.27. The molecule has 5 heteroatoms. The zero-order valence-electron chi connectivity index (χ0n) is 13.5. The fraction of sp³-hybridized carbons (Fsp3) is 0.611. The van der Waals surface area contributed by atoms with E-state index in [2.05, 4.69) is 11.4 Å². The largest absolute Gasteiger partial charge is 0.394 e. The molecule has 1 fully saturated rings. The molecule has 1 aromatic carbocycles. The number of hydrogen-bond acceptors (Lipinski definition) is 3. The average molecular weight is 318 g/mol. The Labute approximate surface area is 137 Å². The van der Waals surface area contributed by atoms with Crippen LogP contribution >= 0.6 is 0 Å². The number of carbonyl (C=O) groups excluding carboxylic acids is 1. The van der Waals surface area contributed by atoms with Gasteiger partial charge >= 0.3 is 6.03 Å². The summed E-state index contributed by atoms with van der Waals surface area (Å²) in [6.45, 7) is 2.77. The third-order valence-electron chi connectivity index (χ3n) is 4.64. The molecule has 1 aliphatic heterocycles. The van der Waals surface area contributed by atoms with Crippen molar-refractivity contribution in [2.24, 2.45) is 5.92 Å². The number of hydrogen-bond donors (Lipinski definition) is 2. The lowest BCUT2D eigenvalue weighted by atomic mass is 9.93. The summed E-state index contributed by atoms with van der Waals surface area (Å²) in [7, 11) is 0. The number of ether oxygens (including phenoxy) is 1. The van der Waals surface area contributed by atoms with E-state index in [1.807, 2.05) is 18.2 Å². The Morgan fingerprint density at radius 1 is 1.35 bits per heavy atom. The fourth-order valence-corrected chi connectivity index (χ4v) is 3.10. The van der Waals surface area contributed by atoms with Crippen LogP contribution in [-0.2, 0) is 11.2 Å². The van der Waals surface area contributed by atoms with E-state index in [1.54, 1.807) is 4.90 Å². The van der Waals surface area contributed by atoms with Crippen molar-refractivity contribution in [3.8, 4) is 0 Å². The number of nitrogens with one attached hydrogen (secondary N) is 1. The second kappa shape index (κ2) is 7.79. The highest BCUT2D eigenvalue weighted by atomic mass is 16.5. The molecule has 2 amide bonds. The normalized spacial score (nSPS) is 20.2. The zero-order valence-corrected chi connectivity index (χ0v) is 13.5. The number of amides is 2. The predicted octanol–water partition coefficient (Wildman–Crippen LogP) is 2.10. The van der Waals surface area contributed by atoms with E-state index in [-0.39, 0.29) is 18.7 Å². The molecule has 2 N–H and O–H groups in total. The molecule has 1 saturated carbocycles. The number of rotatable bonds is 7. The van der Waals surface area contributed by atoms with E-state index in [9.17, 15) is 9.90 Å². The van der Waals surface area contributed by atoms with Gasteiger partial charge in [0, 0.05) is 26.3 Å². The molecular weight excluding hydrogens is 292 g/mol. The lowest BCUT2D eigenvalue weighted by molar-refractivity contribution is 0.116. The number of fused-ring (bicyclic) bond motifs is 1. The van der Waals surface area contributed by atoms with Crippen molar-refractivity contribution in [2.75, 3.05) is 32.9 Å². The first-order chi connectivity index (χ1) is 11.3. The van der Waals surface area contributed by atoms with Crippen molar-refractivity contribution in [3.05, 3.63) is 35.4 Å². The maximum absolute atomic E-state index is 12.4. The zero-order chi connectivity index (χ0) is 16.1. The third kappa shape index (κ3) is 4.24. The minimum Gasteiger partial charge on any atom is -0.394 e. The first-order valence-corrected chi connectivity index (χ1v) is 8.60. The SMILES string of the molecule is O=C(NCCCOCC1CC1)N1CCc2ccccc2C1CO. The van der Waals surface area contributed by atoms with E-state index in [1.165, 1.54) is 18.4 Å². The monoisotopic (exact) mass is 318 g/mol. The van der Waals surface area contributed by atoms with Crippen molar-refractivity contribution in [2.45, 2.75) is 31.7 Å². The highest BCUT2D eigenvalue weighted by Crippen LogP contribution is 2.29. The molecule has 1 heterocycles. The lowest BCUT2D eigenvalue weighted by Gasteiger charge is -2.36. The second-order valence-corrected chi connectivity index (χ2v) is 6.44. The van der Waals surface area contributed by atoms with E-state index in [4.69, 9.17) is 4.74 Å². The van der Waals surface area contributed by atoms with Gasteiger partial charge < -0.3 is 20.1 Å². The summed E-state index contributed by atoms with van der Waals surface area (Å²) in [4.78, 5) is 14.1. The molecule has 23 heavy (non-hydrogen) atoms. The van der Waals surface area contributed by atoms with Crippen LogP contribution in [0, 0.1) is 5.92 Å². The molecule has 0 bridgehead atoms. The summed E-state index contributed by atoms with van der Waals surface area (Å²) < 4.78 is 5.57. The van der Waals surface area contributed by atoms with E-state index >= 15 is 0 Å². The Bertz CT molecular complexity index is 531. The van der Waals surface area contributed by atoms with Crippen LogP contribution in [0.5, 0.6) is 0 Å². The summed E-state index contributed by atoms with van der Waals surface area (Å²) in [5.41, 5.74) is 2.29. The van der Waals surface area contributed by atoms with Gasteiger partial charge in [-0.05, 0) is 42.7 Å². The quantitative estimate of drug-likeness (QED) is 0.757. The molecule has 3 rings (SSSR count). The Kier molecular flexibility index (Phi) is 5.51. The molecule has 1 aromatic rings. The van der Waals surface area contributed by atoms with Crippen LogP contribution in [0.25, 0.3) is 0 Å². The molecule has 0 aromatic heterocycles. The van der Waals surface area contributed by atoms with Crippen LogP contribution in [0.1, 0.15) is 36.4 Å². The van der Waals surface area contributed by atoms with Crippen molar-refractivity contribution >= 4 is 6.03 Å². The van der Waals surface area contributed by atoms with Gasteiger partial charge in [0.05, 0.1) is 12.6 Å². The van der Waals surface area contributed by atoms with Crippen molar-refractivity contribution in [3.63, 3.8) is 0 Å². The standard InChI is InChI=1S/C18H26N2O3/c21-12-17-16-5-2-1-4-15(16)8-10-20(17)18(22)19-9-3-11-23-13-14-6-7-14/h1-2,4-5,14,17,21H,3,6-13H2,(H,19,22). The minimum absolute atomic E-state index is 0.0467. The van der Waals surface area contributed by atoms with Crippen LogP contribution in [0.3, 0.4) is 0 Å². The molecule has 1 unspecified atom stereocenters. The number of urea groups is 1. The number of aliphatic hydroxyl groups excluding tert-OH is 1. The topological polar surface area (TPSA) is 61.8 Å². The van der Waals surface area contributed by atoms with Crippen molar-refractivity contribution < 1.29 is 14.6 Å². The average Bonchev–Trinajstić information content (AvgIpc) is 3.41. The fourth-order valence-electron chi connectivity index (χ4n) is 3.10. The smallest absolute Gasteiger partial charge is 0.318 e. The number of nitrogens with zero attached hydrogens (tertiary/aromatic N) is 1. The van der Waals surface area contributed by atoms with E-state index in [0.29, 0.717) is 19.7 Å². The second-order valence-electron chi connectivity index (χ2n) is 6.44. The number of aliphatic hydroxyl groups is 1. The molecule has 126 valence electrons. The van der Waals surface area contributed by atoms with Gasteiger partial charge in [-0.3, -0.25) is 0 Å². The van der Waals surface area contributed by atoms with Gasteiger partial charge in [0.25, 0.3) is 0 Å². The Balaban J connectivity index is 1.45. The summed E-state index contributed by atoms with van der Waals surface area (Å²) in [6, 6.07) is 7.70. The van der Waals surface area contributed by atoms with Crippen LogP contribution in [-0.4, -0.2) is 48.9 Å². The first kappa shape index (κ1) is 16.3. The van der Waals surface area contributed by atoms with Gasteiger partial charge in [0.2, 0.25) is 0 Å². The summed E-state index contributed by atoms with van der Waals surface area (Å²) >= 11 is 0. The van der Waals surface area contributed by atoms with Gasteiger partial charge in [0.1, 0.15) is 0 Å². The van der Waals surface area contributed by atoms with Gasteiger partial charge in [-0.25, -0.2) is 4.79 Å². The van der Waals surface area contributed by atoms with Crippen LogP contribution in [0.2, 0.25) is 0 Å². The molecule has 0 spiro atoms. The Morgan fingerprint density at radius 3 is 2.96 bits per heavy atom. The van der Waals surface area contributed by atoms with Gasteiger partial charge in [-0.15, -0.1) is 0 Å². The van der Waals surface area contributed by atoms with Gasteiger partial charge in [0.15, 0.2) is 0 Å². The highest BCUT2D eigenvalue weighted by Gasteiger charge is 2.29. The molecular formula is C18H26N2O3. The van der Waals surface area contributed by atoms with Crippen molar-refractivity contribution in [1.82, 2.24) is 10.2 Å². The van der Waals surface area contributed by atoms with E-state index in [0.717, 1.165) is 30.9 Å². The highest BCUT2D eigenvalue weighted by molar-refractivity contribution is 5.75. The molecule has 0 saturated heterocycles. The summed E-state index contributed by atoms with van der Waals surface area (Å²) in [5.74, 6) is 0.781. The minimum atomic E-state index is -0.244. The molecule has 1 aliphatic carbocycles. The molecule has 5 nitrogen and oxygen atoms in total. The Morgan fingerprint density at radius 2 is 2.17 bits per heavy atom. The van der Waals surface area contributed by atoms with Crippen molar-refractivity contribution in [1.29, 1.82) is 0 Å². The maximum Gasteiger partial charge on any atom is 0.318 e. The van der Waals surface area contributed by atoms with Crippen LogP contribution in [0.4, 0.5) is 4.79 Å². The number of benzene rings is 1.